The lowest BCUT2D eigenvalue weighted by Gasteiger charge is -2.17. The molecule has 1 N–H and O–H groups in total. The van der Waals surface area contributed by atoms with Gasteiger partial charge in [0.25, 0.3) is 0 Å². The Bertz CT molecular complexity index is 384. The Hall–Kier alpha value is -0.730. The standard InChI is InChI=1S/C14H19ClO2/c1-17-14-12(11-4-2-3-5-11)8-10(6-7-16)9-13(14)15/h8-9,11,16H,2-7H2,1H3. The quantitative estimate of drug-likeness (QED) is 0.891. The van der Waals surface area contributed by atoms with Gasteiger partial charge in [-0.25, -0.2) is 0 Å². The van der Waals surface area contributed by atoms with Gasteiger partial charge >= 0.3 is 0 Å². The van der Waals surface area contributed by atoms with E-state index in [1.165, 1.54) is 31.2 Å². The number of hydrogen-bond donors (Lipinski definition) is 1. The van der Waals surface area contributed by atoms with Crippen molar-refractivity contribution < 1.29 is 9.84 Å². The zero-order valence-electron chi connectivity index (χ0n) is 10.2. The fourth-order valence-corrected chi connectivity index (χ4v) is 3.03. The molecule has 0 amide bonds. The summed E-state index contributed by atoms with van der Waals surface area (Å²) < 4.78 is 5.43. The summed E-state index contributed by atoms with van der Waals surface area (Å²) in [5, 5.41) is 9.69. The highest BCUT2D eigenvalue weighted by Crippen LogP contribution is 2.42. The number of hydrogen-bond acceptors (Lipinski definition) is 2. The zero-order chi connectivity index (χ0) is 12.3. The van der Waals surface area contributed by atoms with Crippen LogP contribution in [0.25, 0.3) is 0 Å². The summed E-state index contributed by atoms with van der Waals surface area (Å²) in [4.78, 5) is 0. The van der Waals surface area contributed by atoms with Gasteiger partial charge in [0.1, 0.15) is 5.75 Å². The van der Waals surface area contributed by atoms with Crippen molar-refractivity contribution in [1.29, 1.82) is 0 Å². The average molecular weight is 255 g/mol. The SMILES string of the molecule is COc1c(Cl)cc(CCO)cc1C1CCCC1. The molecule has 0 bridgehead atoms. The third kappa shape index (κ3) is 2.75. The normalized spacial score (nSPS) is 16.4. The molecule has 1 aliphatic rings. The number of ether oxygens (including phenoxy) is 1. The van der Waals surface area contributed by atoms with Gasteiger partial charge in [-0.15, -0.1) is 0 Å². The summed E-state index contributed by atoms with van der Waals surface area (Å²) in [6.45, 7) is 0.159. The molecule has 17 heavy (non-hydrogen) atoms. The largest absolute Gasteiger partial charge is 0.495 e. The zero-order valence-corrected chi connectivity index (χ0v) is 11.0. The third-order valence-corrected chi connectivity index (χ3v) is 3.81. The van der Waals surface area contributed by atoms with Gasteiger partial charge in [-0.1, -0.05) is 30.5 Å². The van der Waals surface area contributed by atoms with E-state index >= 15 is 0 Å². The van der Waals surface area contributed by atoms with Crippen molar-refractivity contribution in [2.75, 3.05) is 13.7 Å². The molecular formula is C14H19ClO2. The molecule has 2 rings (SSSR count). The molecule has 2 nitrogen and oxygen atoms in total. The first-order chi connectivity index (χ1) is 8.26. The minimum atomic E-state index is 0.159. The van der Waals surface area contributed by atoms with Crippen molar-refractivity contribution in [1.82, 2.24) is 0 Å². The van der Waals surface area contributed by atoms with Crippen LogP contribution in [0.15, 0.2) is 12.1 Å². The van der Waals surface area contributed by atoms with Crippen molar-refractivity contribution in [3.63, 3.8) is 0 Å². The molecule has 1 aromatic carbocycles. The van der Waals surface area contributed by atoms with Gasteiger partial charge in [-0.05, 0) is 42.4 Å². The lowest BCUT2D eigenvalue weighted by molar-refractivity contribution is 0.299. The number of halogens is 1. The number of benzene rings is 1. The maximum absolute atomic E-state index is 9.02. The van der Waals surface area contributed by atoms with Gasteiger partial charge in [0.05, 0.1) is 12.1 Å². The van der Waals surface area contributed by atoms with E-state index in [2.05, 4.69) is 6.07 Å². The van der Waals surface area contributed by atoms with Crippen molar-refractivity contribution in [3.8, 4) is 5.75 Å². The highest BCUT2D eigenvalue weighted by molar-refractivity contribution is 6.32. The molecule has 94 valence electrons. The molecule has 1 aliphatic carbocycles. The van der Waals surface area contributed by atoms with E-state index < -0.39 is 0 Å². The number of rotatable bonds is 4. The molecule has 1 fully saturated rings. The number of methoxy groups -OCH3 is 1. The number of aliphatic hydroxyl groups excluding tert-OH is 1. The fraction of sp³-hybridized carbons (Fsp3) is 0.571. The maximum Gasteiger partial charge on any atom is 0.140 e. The highest BCUT2D eigenvalue weighted by Gasteiger charge is 2.22. The average Bonchev–Trinajstić information content (AvgIpc) is 2.82. The van der Waals surface area contributed by atoms with Crippen molar-refractivity contribution in [2.24, 2.45) is 0 Å². The van der Waals surface area contributed by atoms with Crippen LogP contribution in [-0.2, 0) is 6.42 Å². The molecule has 0 spiro atoms. The first-order valence-electron chi connectivity index (χ1n) is 6.23. The van der Waals surface area contributed by atoms with Gasteiger partial charge < -0.3 is 9.84 Å². The van der Waals surface area contributed by atoms with Crippen LogP contribution in [0.2, 0.25) is 5.02 Å². The van der Waals surface area contributed by atoms with Crippen molar-refractivity contribution >= 4 is 11.6 Å². The summed E-state index contributed by atoms with van der Waals surface area (Å²) in [5.74, 6) is 1.39. The van der Waals surface area contributed by atoms with Gasteiger partial charge in [0, 0.05) is 6.61 Å². The summed E-state index contributed by atoms with van der Waals surface area (Å²) in [7, 11) is 1.67. The van der Waals surface area contributed by atoms with Crippen LogP contribution in [0.3, 0.4) is 0 Å². The van der Waals surface area contributed by atoms with E-state index in [0.717, 1.165) is 11.3 Å². The summed E-state index contributed by atoms with van der Waals surface area (Å²) in [5.41, 5.74) is 2.32. The molecule has 0 aliphatic heterocycles. The molecule has 0 unspecified atom stereocenters. The first-order valence-corrected chi connectivity index (χ1v) is 6.61. The third-order valence-electron chi connectivity index (χ3n) is 3.53. The molecule has 0 aromatic heterocycles. The molecular weight excluding hydrogens is 236 g/mol. The topological polar surface area (TPSA) is 29.5 Å². The van der Waals surface area contributed by atoms with E-state index in [1.807, 2.05) is 6.07 Å². The minimum Gasteiger partial charge on any atom is -0.495 e. The predicted molar refractivity (Wildman–Crippen MR) is 70.0 cm³/mol. The van der Waals surface area contributed by atoms with E-state index in [4.69, 9.17) is 21.4 Å². The lowest BCUT2D eigenvalue weighted by atomic mass is 9.94. The summed E-state index contributed by atoms with van der Waals surface area (Å²) in [6.07, 6.45) is 5.67. The first kappa shape index (κ1) is 12.7. The lowest BCUT2D eigenvalue weighted by Crippen LogP contribution is -2.01. The Morgan fingerprint density at radius 3 is 2.65 bits per heavy atom. The van der Waals surface area contributed by atoms with E-state index in [1.54, 1.807) is 7.11 Å². The molecule has 0 radical (unpaired) electrons. The second kappa shape index (κ2) is 5.74. The highest BCUT2D eigenvalue weighted by atomic mass is 35.5. The van der Waals surface area contributed by atoms with Crippen LogP contribution < -0.4 is 4.74 Å². The Morgan fingerprint density at radius 1 is 1.35 bits per heavy atom. The van der Waals surface area contributed by atoms with E-state index in [9.17, 15) is 0 Å². The second-order valence-corrected chi connectivity index (χ2v) is 5.06. The van der Waals surface area contributed by atoms with Crippen LogP contribution in [0.5, 0.6) is 5.75 Å². The van der Waals surface area contributed by atoms with Crippen LogP contribution in [0.4, 0.5) is 0 Å². The van der Waals surface area contributed by atoms with Gasteiger partial charge in [0.2, 0.25) is 0 Å². The summed E-state index contributed by atoms with van der Waals surface area (Å²) in [6, 6.07) is 4.05. The predicted octanol–water partition coefficient (Wildman–Crippen LogP) is 3.54. The van der Waals surface area contributed by atoms with Crippen LogP contribution in [-0.4, -0.2) is 18.8 Å². The molecule has 3 heteroatoms. The van der Waals surface area contributed by atoms with E-state index in [-0.39, 0.29) is 6.61 Å². The monoisotopic (exact) mass is 254 g/mol. The molecule has 0 atom stereocenters. The van der Waals surface area contributed by atoms with Gasteiger partial charge in [0.15, 0.2) is 0 Å². The Labute approximate surface area is 108 Å². The molecule has 0 heterocycles. The van der Waals surface area contributed by atoms with Gasteiger partial charge in [-0.3, -0.25) is 0 Å². The Kier molecular flexibility index (Phi) is 4.30. The van der Waals surface area contributed by atoms with Crippen LogP contribution in [0, 0.1) is 0 Å². The van der Waals surface area contributed by atoms with Crippen molar-refractivity contribution in [2.45, 2.75) is 38.0 Å². The Morgan fingerprint density at radius 2 is 2.06 bits per heavy atom. The Balaban J connectivity index is 2.37. The van der Waals surface area contributed by atoms with E-state index in [0.29, 0.717) is 17.4 Å². The van der Waals surface area contributed by atoms with Crippen LogP contribution in [0.1, 0.15) is 42.7 Å². The second-order valence-electron chi connectivity index (χ2n) is 4.66. The van der Waals surface area contributed by atoms with Gasteiger partial charge in [-0.2, -0.15) is 0 Å². The number of aliphatic hydroxyl groups is 1. The fourth-order valence-electron chi connectivity index (χ4n) is 2.70. The molecule has 0 saturated heterocycles. The minimum absolute atomic E-state index is 0.159. The smallest absolute Gasteiger partial charge is 0.140 e. The summed E-state index contributed by atoms with van der Waals surface area (Å²) >= 11 is 6.24. The maximum atomic E-state index is 9.02. The molecule has 1 saturated carbocycles. The van der Waals surface area contributed by atoms with Crippen molar-refractivity contribution in [3.05, 3.63) is 28.3 Å². The molecule has 1 aromatic rings. The van der Waals surface area contributed by atoms with Crippen LogP contribution >= 0.6 is 11.6 Å².